The van der Waals surface area contributed by atoms with Crippen molar-refractivity contribution in [1.29, 1.82) is 0 Å². The first-order valence-corrected chi connectivity index (χ1v) is 9.25. The molecular formula is C16H17N3OS2. The van der Waals surface area contributed by atoms with Crippen LogP contribution in [-0.4, -0.2) is 21.6 Å². The molecule has 114 valence electrons. The predicted octanol–water partition coefficient (Wildman–Crippen LogP) is 4.76. The summed E-state index contributed by atoms with van der Waals surface area (Å²) in [5.41, 5.74) is 0. The van der Waals surface area contributed by atoms with Crippen LogP contribution in [0.2, 0.25) is 0 Å². The fraction of sp³-hybridized carbons (Fsp3) is 0.375. The Kier molecular flexibility index (Phi) is 3.82. The second-order valence-electron chi connectivity index (χ2n) is 5.51. The molecule has 0 unspecified atom stereocenters. The molecule has 1 saturated heterocycles. The molecular weight excluding hydrogens is 314 g/mol. The third-order valence-electron chi connectivity index (χ3n) is 4.19. The second kappa shape index (κ2) is 5.95. The quantitative estimate of drug-likeness (QED) is 0.691. The molecule has 3 aromatic rings. The van der Waals surface area contributed by atoms with Gasteiger partial charge in [0.2, 0.25) is 5.89 Å². The molecule has 0 saturated carbocycles. The van der Waals surface area contributed by atoms with Gasteiger partial charge in [-0.1, -0.05) is 12.1 Å². The summed E-state index contributed by atoms with van der Waals surface area (Å²) in [7, 11) is 0. The van der Waals surface area contributed by atoms with E-state index in [1.807, 2.05) is 28.8 Å². The Labute approximate surface area is 137 Å². The van der Waals surface area contributed by atoms with E-state index in [0.29, 0.717) is 17.8 Å². The number of hydrogen-bond donors (Lipinski definition) is 0. The van der Waals surface area contributed by atoms with Crippen molar-refractivity contribution in [1.82, 2.24) is 15.1 Å². The zero-order chi connectivity index (χ0) is 14.9. The normalized spacial score (nSPS) is 20.5. The molecule has 1 aliphatic heterocycles. The molecule has 1 fully saturated rings. The average molecular weight is 331 g/mol. The molecule has 0 aliphatic carbocycles. The third kappa shape index (κ3) is 2.51. The molecule has 0 radical (unpaired) electrons. The van der Waals surface area contributed by atoms with Gasteiger partial charge in [0.05, 0.1) is 10.9 Å². The molecule has 4 heterocycles. The molecule has 3 aromatic heterocycles. The molecule has 2 atom stereocenters. The van der Waals surface area contributed by atoms with E-state index in [1.54, 1.807) is 11.3 Å². The highest BCUT2D eigenvalue weighted by molar-refractivity contribution is 7.13. The van der Waals surface area contributed by atoms with Crippen LogP contribution in [0.3, 0.4) is 0 Å². The van der Waals surface area contributed by atoms with Gasteiger partial charge in [-0.2, -0.15) is 0 Å². The van der Waals surface area contributed by atoms with Crippen molar-refractivity contribution in [3.05, 3.63) is 45.8 Å². The van der Waals surface area contributed by atoms with Gasteiger partial charge >= 0.3 is 0 Å². The first-order valence-electron chi connectivity index (χ1n) is 7.49. The van der Waals surface area contributed by atoms with E-state index in [1.165, 1.54) is 17.7 Å². The van der Waals surface area contributed by atoms with E-state index in [9.17, 15) is 0 Å². The van der Waals surface area contributed by atoms with Crippen LogP contribution < -0.4 is 0 Å². The van der Waals surface area contributed by atoms with Gasteiger partial charge in [-0.3, -0.25) is 4.90 Å². The Morgan fingerprint density at radius 1 is 1.23 bits per heavy atom. The molecule has 6 heteroatoms. The van der Waals surface area contributed by atoms with Crippen molar-refractivity contribution in [2.45, 2.75) is 31.8 Å². The molecule has 22 heavy (non-hydrogen) atoms. The van der Waals surface area contributed by atoms with Gasteiger partial charge < -0.3 is 4.42 Å². The summed E-state index contributed by atoms with van der Waals surface area (Å²) in [6.45, 7) is 3.25. The first-order chi connectivity index (χ1) is 10.8. The highest BCUT2D eigenvalue weighted by Crippen LogP contribution is 2.40. The molecule has 0 aromatic carbocycles. The lowest BCUT2D eigenvalue weighted by atomic mass is 10.1. The zero-order valence-electron chi connectivity index (χ0n) is 12.3. The van der Waals surface area contributed by atoms with Crippen LogP contribution >= 0.6 is 22.7 Å². The van der Waals surface area contributed by atoms with Crippen molar-refractivity contribution in [2.75, 3.05) is 6.54 Å². The molecule has 0 amide bonds. The number of nitrogens with zero attached hydrogens (tertiary/aromatic N) is 3. The van der Waals surface area contributed by atoms with E-state index in [0.717, 1.165) is 11.4 Å². The van der Waals surface area contributed by atoms with Crippen molar-refractivity contribution in [3.63, 3.8) is 0 Å². The minimum atomic E-state index is 0.149. The number of thiophene rings is 2. The van der Waals surface area contributed by atoms with Crippen molar-refractivity contribution in [2.24, 2.45) is 0 Å². The number of likely N-dealkylation sites (tertiary alicyclic amines) is 1. The standard InChI is InChI=1S/C16H17N3OS2/c1-11(15-17-18-16(20-15)14-7-4-10-22-14)19-8-2-5-12(19)13-6-3-9-21-13/h3-4,6-7,9-12H,2,5,8H2,1H3/t11-,12-/m1/s1. The highest BCUT2D eigenvalue weighted by atomic mass is 32.1. The summed E-state index contributed by atoms with van der Waals surface area (Å²) in [6.07, 6.45) is 2.43. The lowest BCUT2D eigenvalue weighted by Gasteiger charge is -2.27. The van der Waals surface area contributed by atoms with Gasteiger partial charge in [-0.15, -0.1) is 32.9 Å². The van der Waals surface area contributed by atoms with Crippen molar-refractivity contribution in [3.8, 4) is 10.8 Å². The van der Waals surface area contributed by atoms with E-state index in [2.05, 4.69) is 39.5 Å². The Bertz CT molecular complexity index is 721. The van der Waals surface area contributed by atoms with Crippen LogP contribution in [0.15, 0.2) is 39.4 Å². The van der Waals surface area contributed by atoms with Gasteiger partial charge in [-0.05, 0) is 49.2 Å². The Hall–Kier alpha value is -1.50. The van der Waals surface area contributed by atoms with E-state index in [4.69, 9.17) is 4.42 Å². The molecule has 1 aliphatic rings. The average Bonchev–Trinajstić information content (AvgIpc) is 3.35. The van der Waals surface area contributed by atoms with Crippen LogP contribution in [0.5, 0.6) is 0 Å². The molecule has 0 N–H and O–H groups in total. The Morgan fingerprint density at radius 3 is 2.86 bits per heavy atom. The minimum absolute atomic E-state index is 0.149. The fourth-order valence-corrected chi connectivity index (χ4v) is 4.61. The fourth-order valence-electron chi connectivity index (χ4n) is 3.08. The van der Waals surface area contributed by atoms with Crippen molar-refractivity contribution < 1.29 is 4.42 Å². The largest absolute Gasteiger partial charge is 0.418 e. The maximum Gasteiger partial charge on any atom is 0.257 e. The smallest absolute Gasteiger partial charge is 0.257 e. The molecule has 0 spiro atoms. The Balaban J connectivity index is 1.57. The maximum atomic E-state index is 5.92. The molecule has 4 nitrogen and oxygen atoms in total. The number of hydrogen-bond acceptors (Lipinski definition) is 6. The predicted molar refractivity (Wildman–Crippen MR) is 89.0 cm³/mol. The molecule has 0 bridgehead atoms. The lowest BCUT2D eigenvalue weighted by Crippen LogP contribution is -2.26. The summed E-state index contributed by atoms with van der Waals surface area (Å²) >= 11 is 3.46. The van der Waals surface area contributed by atoms with Crippen LogP contribution in [0, 0.1) is 0 Å². The van der Waals surface area contributed by atoms with Gasteiger partial charge in [0.1, 0.15) is 0 Å². The van der Waals surface area contributed by atoms with E-state index < -0.39 is 0 Å². The van der Waals surface area contributed by atoms with Crippen LogP contribution in [0.4, 0.5) is 0 Å². The minimum Gasteiger partial charge on any atom is -0.418 e. The topological polar surface area (TPSA) is 42.2 Å². The lowest BCUT2D eigenvalue weighted by molar-refractivity contribution is 0.170. The molecule has 4 rings (SSSR count). The van der Waals surface area contributed by atoms with Gasteiger partial charge in [0, 0.05) is 10.9 Å². The van der Waals surface area contributed by atoms with Gasteiger partial charge in [0.25, 0.3) is 5.89 Å². The number of rotatable bonds is 4. The number of aromatic nitrogens is 2. The van der Waals surface area contributed by atoms with Crippen LogP contribution in [-0.2, 0) is 0 Å². The zero-order valence-corrected chi connectivity index (χ0v) is 13.9. The summed E-state index contributed by atoms with van der Waals surface area (Å²) in [6, 6.07) is 8.99. The Morgan fingerprint density at radius 2 is 2.09 bits per heavy atom. The van der Waals surface area contributed by atoms with Crippen LogP contribution in [0.1, 0.15) is 42.6 Å². The summed E-state index contributed by atoms with van der Waals surface area (Å²) < 4.78 is 5.92. The highest BCUT2D eigenvalue weighted by Gasteiger charge is 2.33. The van der Waals surface area contributed by atoms with Crippen LogP contribution in [0.25, 0.3) is 10.8 Å². The first kappa shape index (κ1) is 14.1. The third-order valence-corrected chi connectivity index (χ3v) is 6.02. The maximum absolute atomic E-state index is 5.92. The van der Waals surface area contributed by atoms with Crippen molar-refractivity contribution >= 4 is 22.7 Å². The summed E-state index contributed by atoms with van der Waals surface area (Å²) in [5.74, 6) is 1.34. The monoisotopic (exact) mass is 331 g/mol. The van der Waals surface area contributed by atoms with Gasteiger partial charge in [-0.25, -0.2) is 0 Å². The van der Waals surface area contributed by atoms with E-state index >= 15 is 0 Å². The van der Waals surface area contributed by atoms with Gasteiger partial charge in [0.15, 0.2) is 0 Å². The summed E-state index contributed by atoms with van der Waals surface area (Å²) in [4.78, 5) is 4.95. The second-order valence-corrected chi connectivity index (χ2v) is 7.44. The van der Waals surface area contributed by atoms with E-state index in [-0.39, 0.29) is 6.04 Å². The SMILES string of the molecule is C[C@H](c1nnc(-c2cccs2)o1)N1CCC[C@@H]1c1cccs1. The summed E-state index contributed by atoms with van der Waals surface area (Å²) in [5, 5.41) is 12.7.